The number of carbonyl (C=O) groups is 2. The van der Waals surface area contributed by atoms with Crippen LogP contribution in [0.1, 0.15) is 18.1 Å². The average molecular weight is 569 g/mol. The molecule has 0 fully saturated rings. The number of benzene rings is 3. The number of anilines is 1. The first-order valence-corrected chi connectivity index (χ1v) is 12.1. The van der Waals surface area contributed by atoms with E-state index in [-0.39, 0.29) is 18.1 Å². The third-order valence-corrected chi connectivity index (χ3v) is 5.62. The minimum atomic E-state index is -0.491. The Hall–Kier alpha value is -3.80. The molecule has 0 heterocycles. The highest BCUT2D eigenvalue weighted by molar-refractivity contribution is 9.10. The summed E-state index contributed by atoms with van der Waals surface area (Å²) in [6.07, 6.45) is 1.46. The van der Waals surface area contributed by atoms with Gasteiger partial charge in [-0.2, -0.15) is 5.26 Å². The number of halogens is 2. The summed E-state index contributed by atoms with van der Waals surface area (Å²) >= 11 is 9.30. The average Bonchev–Trinajstić information content (AvgIpc) is 2.87. The zero-order valence-electron chi connectivity index (χ0n) is 19.4. The summed E-state index contributed by atoms with van der Waals surface area (Å²) in [4.78, 5) is 24.9. The molecule has 0 unspecified atom stereocenters. The second-order valence-corrected chi connectivity index (χ2v) is 8.74. The molecule has 0 saturated carbocycles. The first kappa shape index (κ1) is 26.8. The molecular formula is C27H23BrClN3O4. The van der Waals surface area contributed by atoms with Crippen LogP contribution in [0.3, 0.4) is 0 Å². The summed E-state index contributed by atoms with van der Waals surface area (Å²) in [6, 6.07) is 21.4. The van der Waals surface area contributed by atoms with Crippen LogP contribution in [0.25, 0.3) is 6.08 Å². The van der Waals surface area contributed by atoms with E-state index in [1.54, 1.807) is 36.4 Å². The van der Waals surface area contributed by atoms with Gasteiger partial charge in [-0.1, -0.05) is 41.9 Å². The topological polar surface area (TPSA) is 100 Å². The van der Waals surface area contributed by atoms with Gasteiger partial charge in [-0.05, 0) is 76.5 Å². The first-order valence-electron chi connectivity index (χ1n) is 11.0. The van der Waals surface area contributed by atoms with E-state index in [9.17, 15) is 14.9 Å². The Bertz CT molecular complexity index is 1290. The van der Waals surface area contributed by atoms with Crippen molar-refractivity contribution in [3.05, 3.63) is 92.9 Å². The van der Waals surface area contributed by atoms with E-state index in [1.165, 1.54) is 6.08 Å². The molecule has 3 aromatic rings. The molecular weight excluding hydrogens is 546 g/mol. The molecule has 0 saturated heterocycles. The van der Waals surface area contributed by atoms with Gasteiger partial charge in [0.05, 0.1) is 11.1 Å². The van der Waals surface area contributed by atoms with Gasteiger partial charge in [0.2, 0.25) is 0 Å². The molecule has 0 aliphatic heterocycles. The third-order valence-electron chi connectivity index (χ3n) is 4.78. The molecule has 0 aromatic heterocycles. The molecule has 2 N–H and O–H groups in total. The van der Waals surface area contributed by atoms with E-state index in [0.717, 1.165) is 5.56 Å². The summed E-state index contributed by atoms with van der Waals surface area (Å²) in [5, 5.41) is 15.6. The molecule has 7 nitrogen and oxygen atoms in total. The fourth-order valence-electron chi connectivity index (χ4n) is 3.13. The summed E-state index contributed by atoms with van der Waals surface area (Å²) in [6.45, 7) is 2.19. The lowest BCUT2D eigenvalue weighted by Gasteiger charge is -2.15. The maximum Gasteiger partial charge on any atom is 0.262 e. The lowest BCUT2D eigenvalue weighted by Crippen LogP contribution is -2.23. The Morgan fingerprint density at radius 2 is 1.81 bits per heavy atom. The van der Waals surface area contributed by atoms with Crippen LogP contribution in [-0.2, 0) is 16.1 Å². The van der Waals surface area contributed by atoms with E-state index < -0.39 is 5.91 Å². The largest absolute Gasteiger partial charge is 0.490 e. The fourth-order valence-corrected chi connectivity index (χ4v) is 3.83. The van der Waals surface area contributed by atoms with Crippen molar-refractivity contribution >= 4 is 51.1 Å². The number of amides is 2. The molecule has 0 aliphatic rings. The monoisotopic (exact) mass is 567 g/mol. The molecule has 2 amide bonds. The highest BCUT2D eigenvalue weighted by atomic mass is 79.9. The number of nitrogens with one attached hydrogen (secondary N) is 2. The molecule has 3 rings (SSSR count). The first-order chi connectivity index (χ1) is 17.4. The highest BCUT2D eigenvalue weighted by Gasteiger charge is 2.16. The highest BCUT2D eigenvalue weighted by Crippen LogP contribution is 2.37. The van der Waals surface area contributed by atoms with Crippen LogP contribution in [0.2, 0.25) is 5.02 Å². The number of carbonyl (C=O) groups excluding carboxylic acids is 2. The number of hydrogen-bond acceptors (Lipinski definition) is 5. The van der Waals surface area contributed by atoms with Gasteiger partial charge in [0.25, 0.3) is 11.8 Å². The maximum absolute atomic E-state index is 12.5. The smallest absolute Gasteiger partial charge is 0.262 e. The lowest BCUT2D eigenvalue weighted by molar-refractivity contribution is -0.118. The summed E-state index contributed by atoms with van der Waals surface area (Å²) in [7, 11) is 0. The van der Waals surface area contributed by atoms with Crippen LogP contribution in [0.4, 0.5) is 5.69 Å². The van der Waals surface area contributed by atoms with Gasteiger partial charge >= 0.3 is 0 Å². The predicted octanol–water partition coefficient (Wildman–Crippen LogP) is 5.74. The molecule has 3 aromatic carbocycles. The van der Waals surface area contributed by atoms with Crippen LogP contribution in [0.5, 0.6) is 11.5 Å². The van der Waals surface area contributed by atoms with E-state index >= 15 is 0 Å². The van der Waals surface area contributed by atoms with Crippen molar-refractivity contribution < 1.29 is 19.1 Å². The third kappa shape index (κ3) is 7.87. The minimum absolute atomic E-state index is 0.0590. The number of hydrogen-bond donors (Lipinski definition) is 2. The quantitative estimate of drug-likeness (QED) is 0.240. The molecule has 0 aliphatic carbocycles. The predicted molar refractivity (Wildman–Crippen MR) is 143 cm³/mol. The Kier molecular flexibility index (Phi) is 9.92. The second-order valence-electron chi connectivity index (χ2n) is 7.44. The Morgan fingerprint density at radius 1 is 1.08 bits per heavy atom. The van der Waals surface area contributed by atoms with E-state index in [4.69, 9.17) is 21.1 Å². The van der Waals surface area contributed by atoms with Crippen LogP contribution in [-0.4, -0.2) is 25.0 Å². The van der Waals surface area contributed by atoms with Crippen molar-refractivity contribution in [3.63, 3.8) is 0 Å². The lowest BCUT2D eigenvalue weighted by atomic mass is 10.1. The summed E-state index contributed by atoms with van der Waals surface area (Å²) in [5.41, 5.74) is 2.00. The normalized spacial score (nSPS) is 10.8. The number of ether oxygens (including phenoxy) is 2. The van der Waals surface area contributed by atoms with Crippen LogP contribution in [0, 0.1) is 11.3 Å². The van der Waals surface area contributed by atoms with Crippen molar-refractivity contribution in [2.45, 2.75) is 13.5 Å². The van der Waals surface area contributed by atoms with Crippen molar-refractivity contribution in [2.24, 2.45) is 0 Å². The minimum Gasteiger partial charge on any atom is -0.490 e. The van der Waals surface area contributed by atoms with E-state index in [2.05, 4.69) is 26.6 Å². The second kappa shape index (κ2) is 13.3. The van der Waals surface area contributed by atoms with Crippen molar-refractivity contribution in [3.8, 4) is 17.6 Å². The van der Waals surface area contributed by atoms with Gasteiger partial charge < -0.3 is 20.1 Å². The zero-order valence-corrected chi connectivity index (χ0v) is 21.7. The van der Waals surface area contributed by atoms with Crippen molar-refractivity contribution in [2.75, 3.05) is 18.5 Å². The molecule has 0 spiro atoms. The Morgan fingerprint density at radius 3 is 2.47 bits per heavy atom. The number of nitrogens with zero attached hydrogens (tertiary/aromatic N) is 1. The van der Waals surface area contributed by atoms with Gasteiger partial charge in [0.1, 0.15) is 11.6 Å². The van der Waals surface area contributed by atoms with Crippen molar-refractivity contribution in [1.29, 1.82) is 5.26 Å². The van der Waals surface area contributed by atoms with E-state index in [1.807, 2.05) is 43.3 Å². The molecule has 0 radical (unpaired) electrons. The molecule has 184 valence electrons. The molecule has 0 atom stereocenters. The van der Waals surface area contributed by atoms with Crippen LogP contribution >= 0.6 is 27.5 Å². The van der Waals surface area contributed by atoms with Gasteiger partial charge in [-0.15, -0.1) is 0 Å². The molecule has 0 bridgehead atoms. The molecule has 36 heavy (non-hydrogen) atoms. The maximum atomic E-state index is 12.5. The number of rotatable bonds is 10. The number of nitriles is 1. The van der Waals surface area contributed by atoms with Gasteiger partial charge in [-0.3, -0.25) is 9.59 Å². The molecule has 9 heteroatoms. The standard InChI is InChI=1S/C27H23BrClN3O4/c1-2-35-24-14-19(12-20(15-30)27(34)31-16-18-6-4-3-5-7-18)13-23(28)26(24)36-17-25(33)32-22-10-8-21(29)9-11-22/h3-14H,2,16-17H2,1H3,(H,31,34)(H,32,33)/b20-12+. The van der Waals surface area contributed by atoms with Gasteiger partial charge in [0.15, 0.2) is 18.1 Å². The Labute approximate surface area is 222 Å². The Balaban J connectivity index is 1.72. The van der Waals surface area contributed by atoms with Gasteiger partial charge in [-0.25, -0.2) is 0 Å². The van der Waals surface area contributed by atoms with Crippen molar-refractivity contribution in [1.82, 2.24) is 5.32 Å². The van der Waals surface area contributed by atoms with E-state index in [0.29, 0.717) is 45.4 Å². The van der Waals surface area contributed by atoms with Crippen LogP contribution < -0.4 is 20.1 Å². The SMILES string of the molecule is CCOc1cc(/C=C(\C#N)C(=O)NCc2ccccc2)cc(Br)c1OCC(=O)Nc1ccc(Cl)cc1. The van der Waals surface area contributed by atoms with Crippen LogP contribution in [0.15, 0.2) is 76.8 Å². The summed E-state index contributed by atoms with van der Waals surface area (Å²) in [5.74, 6) is -0.168. The summed E-state index contributed by atoms with van der Waals surface area (Å²) < 4.78 is 11.9. The van der Waals surface area contributed by atoms with Gasteiger partial charge in [0, 0.05) is 17.3 Å². The fraction of sp³-hybridized carbons (Fsp3) is 0.148. The zero-order chi connectivity index (χ0) is 25.9.